The molecule has 21 heavy (non-hydrogen) atoms. The first-order chi connectivity index (χ1) is 9.94. The third-order valence-corrected chi connectivity index (χ3v) is 6.01. The summed E-state index contributed by atoms with van der Waals surface area (Å²) in [6, 6.07) is 6.69. The maximum atomic E-state index is 11.9. The summed E-state index contributed by atoms with van der Waals surface area (Å²) < 4.78 is 43.1. The number of benzene rings is 1. The van der Waals surface area contributed by atoms with Crippen molar-refractivity contribution in [2.75, 3.05) is 29.6 Å². The summed E-state index contributed by atoms with van der Waals surface area (Å²) in [4.78, 5) is 0. The Hall–Kier alpha value is -1.12. The molecule has 1 fully saturated rings. The van der Waals surface area contributed by atoms with E-state index in [1.165, 1.54) is 0 Å². The summed E-state index contributed by atoms with van der Waals surface area (Å²) in [5, 5.41) is 0. The van der Waals surface area contributed by atoms with Crippen LogP contribution in [0.15, 0.2) is 24.3 Å². The van der Waals surface area contributed by atoms with Crippen molar-refractivity contribution in [3.63, 3.8) is 0 Å². The fourth-order valence-corrected chi connectivity index (χ4v) is 4.52. The van der Waals surface area contributed by atoms with E-state index < -0.39 is 20.8 Å². The highest BCUT2D eigenvalue weighted by atomic mass is 32.2. The quantitative estimate of drug-likeness (QED) is 0.738. The molecule has 0 radical (unpaired) electrons. The van der Waals surface area contributed by atoms with Crippen LogP contribution in [-0.4, -0.2) is 42.5 Å². The first-order valence-electron chi connectivity index (χ1n) is 6.78. The summed E-state index contributed by atoms with van der Waals surface area (Å²) in [5.74, 6) is 1.62. The van der Waals surface area contributed by atoms with Gasteiger partial charge in [-0.05, 0) is 37.1 Å². The number of sulfonamides is 1. The first-order valence-corrected chi connectivity index (χ1v) is 9.92. The van der Waals surface area contributed by atoms with Gasteiger partial charge in [-0.2, -0.15) is 0 Å². The summed E-state index contributed by atoms with van der Waals surface area (Å²) >= 11 is 0. The van der Waals surface area contributed by atoms with Crippen LogP contribution in [0.5, 0.6) is 5.75 Å². The van der Waals surface area contributed by atoms with Crippen molar-refractivity contribution in [1.29, 1.82) is 0 Å². The number of nitrogens with one attached hydrogen (secondary N) is 1. The van der Waals surface area contributed by atoms with Gasteiger partial charge in [0, 0.05) is 34.0 Å². The van der Waals surface area contributed by atoms with Gasteiger partial charge < -0.3 is 10.5 Å². The van der Waals surface area contributed by atoms with Crippen LogP contribution >= 0.6 is 0 Å². The molecule has 1 heterocycles. The van der Waals surface area contributed by atoms with E-state index in [0.29, 0.717) is 35.8 Å². The smallest absolute Gasteiger partial charge is 0.215 e. The van der Waals surface area contributed by atoms with Crippen molar-refractivity contribution in [2.45, 2.75) is 18.9 Å². The van der Waals surface area contributed by atoms with E-state index in [1.807, 2.05) is 0 Å². The van der Waals surface area contributed by atoms with Gasteiger partial charge in [0.2, 0.25) is 10.0 Å². The summed E-state index contributed by atoms with van der Waals surface area (Å²) in [6.07, 6.45) is 1.26. The number of anilines is 1. The van der Waals surface area contributed by atoms with Crippen molar-refractivity contribution >= 4 is 26.5 Å². The van der Waals surface area contributed by atoms with Gasteiger partial charge in [-0.15, -0.1) is 0 Å². The van der Waals surface area contributed by atoms with Crippen LogP contribution in [0.25, 0.3) is 0 Å². The SMILES string of the molecule is Nc1ccc(OCCS(=O)(=O)NC2CCS(=O)CC2)cc1. The largest absolute Gasteiger partial charge is 0.492 e. The van der Waals surface area contributed by atoms with Crippen LogP contribution in [0, 0.1) is 0 Å². The highest BCUT2D eigenvalue weighted by Gasteiger charge is 2.22. The predicted octanol–water partition coefficient (Wildman–Crippen LogP) is 0.478. The maximum Gasteiger partial charge on any atom is 0.215 e. The zero-order chi connectivity index (χ0) is 15.3. The lowest BCUT2D eigenvalue weighted by Gasteiger charge is -2.22. The molecule has 0 bridgehead atoms. The lowest BCUT2D eigenvalue weighted by molar-refractivity contribution is 0.340. The Morgan fingerprint density at radius 3 is 2.48 bits per heavy atom. The Morgan fingerprint density at radius 2 is 1.86 bits per heavy atom. The van der Waals surface area contributed by atoms with E-state index in [-0.39, 0.29) is 18.4 Å². The predicted molar refractivity (Wildman–Crippen MR) is 84.2 cm³/mol. The molecule has 1 saturated heterocycles. The molecule has 1 aliphatic heterocycles. The molecular weight excluding hydrogens is 312 g/mol. The number of ether oxygens (including phenoxy) is 1. The van der Waals surface area contributed by atoms with Crippen molar-refractivity contribution in [1.82, 2.24) is 4.72 Å². The number of nitrogen functional groups attached to an aromatic ring is 1. The number of nitrogens with two attached hydrogens (primary N) is 1. The molecule has 0 aliphatic carbocycles. The van der Waals surface area contributed by atoms with Gasteiger partial charge >= 0.3 is 0 Å². The molecule has 1 aliphatic rings. The fraction of sp³-hybridized carbons (Fsp3) is 0.538. The molecule has 2 rings (SSSR count). The van der Waals surface area contributed by atoms with Gasteiger partial charge in [-0.1, -0.05) is 0 Å². The molecule has 0 spiro atoms. The minimum Gasteiger partial charge on any atom is -0.492 e. The molecule has 1 aromatic carbocycles. The van der Waals surface area contributed by atoms with Crippen molar-refractivity contribution in [3.05, 3.63) is 24.3 Å². The van der Waals surface area contributed by atoms with Gasteiger partial charge in [0.1, 0.15) is 12.4 Å². The van der Waals surface area contributed by atoms with Crippen LogP contribution < -0.4 is 15.2 Å². The average Bonchev–Trinajstić information content (AvgIpc) is 2.43. The minimum absolute atomic E-state index is 0.0813. The van der Waals surface area contributed by atoms with Gasteiger partial charge in [-0.25, -0.2) is 13.1 Å². The van der Waals surface area contributed by atoms with Gasteiger partial charge in [-0.3, -0.25) is 4.21 Å². The van der Waals surface area contributed by atoms with Crippen LogP contribution in [-0.2, 0) is 20.8 Å². The zero-order valence-electron chi connectivity index (χ0n) is 11.7. The number of rotatable bonds is 6. The van der Waals surface area contributed by atoms with E-state index in [0.717, 1.165) is 0 Å². The van der Waals surface area contributed by atoms with E-state index >= 15 is 0 Å². The Kier molecular flexibility index (Phi) is 5.60. The second kappa shape index (κ2) is 7.24. The summed E-state index contributed by atoms with van der Waals surface area (Å²) in [6.45, 7) is 0.0813. The molecule has 0 aromatic heterocycles. The number of hydrogen-bond acceptors (Lipinski definition) is 5. The molecule has 6 nitrogen and oxygen atoms in total. The van der Waals surface area contributed by atoms with E-state index in [9.17, 15) is 12.6 Å². The second-order valence-electron chi connectivity index (χ2n) is 4.98. The van der Waals surface area contributed by atoms with Crippen molar-refractivity contribution < 1.29 is 17.4 Å². The van der Waals surface area contributed by atoms with Crippen LogP contribution in [0.4, 0.5) is 5.69 Å². The van der Waals surface area contributed by atoms with Crippen LogP contribution in [0.2, 0.25) is 0 Å². The second-order valence-corrected chi connectivity index (χ2v) is 8.55. The van der Waals surface area contributed by atoms with Crippen LogP contribution in [0.1, 0.15) is 12.8 Å². The normalized spacial score (nSPS) is 22.9. The molecule has 0 atom stereocenters. The molecule has 118 valence electrons. The molecule has 1 aromatic rings. The monoisotopic (exact) mass is 332 g/mol. The highest BCUT2D eigenvalue weighted by Crippen LogP contribution is 2.13. The maximum absolute atomic E-state index is 11.9. The molecule has 0 saturated carbocycles. The topological polar surface area (TPSA) is 98.5 Å². The molecule has 8 heteroatoms. The van der Waals surface area contributed by atoms with Gasteiger partial charge in [0.15, 0.2) is 0 Å². The average molecular weight is 332 g/mol. The van der Waals surface area contributed by atoms with Crippen molar-refractivity contribution in [3.8, 4) is 5.75 Å². The molecular formula is C13H20N2O4S2. The Balaban J connectivity index is 1.76. The van der Waals surface area contributed by atoms with E-state index in [2.05, 4.69) is 4.72 Å². The summed E-state index contributed by atoms with van der Waals surface area (Å²) in [7, 11) is -4.17. The Labute approximate surface area is 127 Å². The lowest BCUT2D eigenvalue weighted by atomic mass is 10.2. The Bertz CT molecular complexity index is 577. The first kappa shape index (κ1) is 16.3. The minimum atomic E-state index is -3.38. The standard InChI is InChI=1S/C13H20N2O4S2/c14-11-1-3-13(4-2-11)19-7-10-21(17,18)15-12-5-8-20(16)9-6-12/h1-4,12,15H,5-10,14H2. The van der Waals surface area contributed by atoms with Gasteiger partial charge in [0.05, 0.1) is 5.75 Å². The fourth-order valence-electron chi connectivity index (χ4n) is 2.06. The highest BCUT2D eigenvalue weighted by molar-refractivity contribution is 7.89. The lowest BCUT2D eigenvalue weighted by Crippen LogP contribution is -2.41. The van der Waals surface area contributed by atoms with E-state index in [1.54, 1.807) is 24.3 Å². The zero-order valence-corrected chi connectivity index (χ0v) is 13.3. The molecule has 0 unspecified atom stereocenters. The number of hydrogen-bond donors (Lipinski definition) is 2. The van der Waals surface area contributed by atoms with Gasteiger partial charge in [0.25, 0.3) is 0 Å². The van der Waals surface area contributed by atoms with E-state index in [4.69, 9.17) is 10.5 Å². The third-order valence-electron chi connectivity index (χ3n) is 3.24. The third kappa shape index (κ3) is 5.64. The van der Waals surface area contributed by atoms with Crippen LogP contribution in [0.3, 0.4) is 0 Å². The molecule has 3 N–H and O–H groups in total. The summed E-state index contributed by atoms with van der Waals surface area (Å²) in [5.41, 5.74) is 6.19. The van der Waals surface area contributed by atoms with Crippen molar-refractivity contribution in [2.24, 2.45) is 0 Å². The molecule has 0 amide bonds. The Morgan fingerprint density at radius 1 is 1.24 bits per heavy atom.